The van der Waals surface area contributed by atoms with Crippen LogP contribution in [0.25, 0.3) is 0 Å². The Bertz CT molecular complexity index is 198. The van der Waals surface area contributed by atoms with Crippen molar-refractivity contribution in [2.24, 2.45) is 10.7 Å². The molecule has 1 heterocycles. The van der Waals surface area contributed by atoms with E-state index in [0.29, 0.717) is 6.04 Å². The SMILES string of the molecule is Cl.NC1=NCCN1C1CCCCCC1. The van der Waals surface area contributed by atoms with E-state index in [1.165, 1.54) is 38.5 Å². The molecule has 2 aliphatic rings. The van der Waals surface area contributed by atoms with Gasteiger partial charge in [-0.25, -0.2) is 0 Å². The van der Waals surface area contributed by atoms with Gasteiger partial charge in [-0.3, -0.25) is 4.99 Å². The number of guanidine groups is 1. The number of hydrogen-bond acceptors (Lipinski definition) is 3. The van der Waals surface area contributed by atoms with E-state index >= 15 is 0 Å². The van der Waals surface area contributed by atoms with Crippen molar-refractivity contribution in [2.45, 2.75) is 44.6 Å². The van der Waals surface area contributed by atoms with Gasteiger partial charge in [-0.1, -0.05) is 25.7 Å². The smallest absolute Gasteiger partial charge is 0.191 e. The lowest BCUT2D eigenvalue weighted by molar-refractivity contribution is 0.302. The van der Waals surface area contributed by atoms with Crippen molar-refractivity contribution < 1.29 is 0 Å². The number of aliphatic imine (C=N–C) groups is 1. The Morgan fingerprint density at radius 3 is 2.29 bits per heavy atom. The van der Waals surface area contributed by atoms with Crippen molar-refractivity contribution in [2.75, 3.05) is 13.1 Å². The van der Waals surface area contributed by atoms with Gasteiger partial charge in [-0.2, -0.15) is 0 Å². The van der Waals surface area contributed by atoms with Crippen LogP contribution in [0.3, 0.4) is 0 Å². The van der Waals surface area contributed by atoms with Crippen LogP contribution in [0.15, 0.2) is 4.99 Å². The van der Waals surface area contributed by atoms with Crippen molar-refractivity contribution in [3.63, 3.8) is 0 Å². The molecule has 0 spiro atoms. The minimum Gasteiger partial charge on any atom is -0.370 e. The molecule has 1 aliphatic heterocycles. The number of halogens is 1. The van der Waals surface area contributed by atoms with Crippen molar-refractivity contribution in [3.05, 3.63) is 0 Å². The fourth-order valence-electron chi connectivity index (χ4n) is 2.42. The Kier molecular flexibility index (Phi) is 4.52. The molecule has 0 atom stereocenters. The molecule has 0 saturated heterocycles. The topological polar surface area (TPSA) is 41.6 Å². The molecule has 1 saturated carbocycles. The van der Waals surface area contributed by atoms with E-state index < -0.39 is 0 Å². The van der Waals surface area contributed by atoms with Crippen LogP contribution in [0.1, 0.15) is 38.5 Å². The Morgan fingerprint density at radius 2 is 1.79 bits per heavy atom. The zero-order valence-electron chi connectivity index (χ0n) is 8.61. The van der Waals surface area contributed by atoms with Crippen LogP contribution < -0.4 is 5.73 Å². The highest BCUT2D eigenvalue weighted by molar-refractivity contribution is 5.85. The molecule has 2 N–H and O–H groups in total. The van der Waals surface area contributed by atoms with Gasteiger partial charge in [0.25, 0.3) is 0 Å². The molecule has 0 aromatic heterocycles. The van der Waals surface area contributed by atoms with E-state index in [-0.39, 0.29) is 12.4 Å². The zero-order valence-corrected chi connectivity index (χ0v) is 9.43. The predicted molar refractivity (Wildman–Crippen MR) is 61.9 cm³/mol. The highest BCUT2D eigenvalue weighted by Gasteiger charge is 2.23. The second-order valence-corrected chi connectivity index (χ2v) is 4.08. The van der Waals surface area contributed by atoms with Gasteiger partial charge in [0.05, 0.1) is 6.54 Å². The van der Waals surface area contributed by atoms with Gasteiger partial charge in [0.1, 0.15) is 0 Å². The van der Waals surface area contributed by atoms with E-state index in [0.717, 1.165) is 19.0 Å². The first-order valence-electron chi connectivity index (χ1n) is 5.44. The molecule has 4 heteroatoms. The van der Waals surface area contributed by atoms with Gasteiger partial charge in [0, 0.05) is 12.6 Å². The summed E-state index contributed by atoms with van der Waals surface area (Å²) >= 11 is 0. The van der Waals surface area contributed by atoms with E-state index in [1.807, 2.05) is 0 Å². The third-order valence-corrected chi connectivity index (χ3v) is 3.17. The molecule has 0 amide bonds. The molecular weight excluding hydrogens is 198 g/mol. The minimum atomic E-state index is 0. The Hall–Kier alpha value is -0.440. The van der Waals surface area contributed by atoms with Gasteiger partial charge in [0.2, 0.25) is 0 Å². The molecule has 3 nitrogen and oxygen atoms in total. The molecule has 1 fully saturated rings. The van der Waals surface area contributed by atoms with Gasteiger partial charge < -0.3 is 10.6 Å². The Morgan fingerprint density at radius 1 is 1.14 bits per heavy atom. The monoisotopic (exact) mass is 217 g/mol. The summed E-state index contributed by atoms with van der Waals surface area (Å²) in [4.78, 5) is 6.55. The first kappa shape index (κ1) is 11.6. The number of nitrogens with two attached hydrogens (primary N) is 1. The predicted octanol–water partition coefficient (Wildman–Crippen LogP) is 1.76. The van der Waals surface area contributed by atoms with Crippen molar-refractivity contribution in [1.82, 2.24) is 4.90 Å². The summed E-state index contributed by atoms with van der Waals surface area (Å²) < 4.78 is 0. The summed E-state index contributed by atoms with van der Waals surface area (Å²) in [5, 5.41) is 0. The number of rotatable bonds is 1. The van der Waals surface area contributed by atoms with Crippen LogP contribution >= 0.6 is 12.4 Å². The zero-order chi connectivity index (χ0) is 9.10. The van der Waals surface area contributed by atoms with Gasteiger partial charge in [-0.15, -0.1) is 12.4 Å². The fraction of sp³-hybridized carbons (Fsp3) is 0.900. The first-order chi connectivity index (χ1) is 6.38. The maximum atomic E-state index is 5.84. The lowest BCUT2D eigenvalue weighted by atomic mass is 10.1. The van der Waals surface area contributed by atoms with E-state index in [9.17, 15) is 0 Å². The summed E-state index contributed by atoms with van der Waals surface area (Å²) in [6.07, 6.45) is 8.18. The number of nitrogens with zero attached hydrogens (tertiary/aromatic N) is 2. The maximum absolute atomic E-state index is 5.84. The molecular formula is C10H20ClN3. The molecule has 0 radical (unpaired) electrons. The first-order valence-corrected chi connectivity index (χ1v) is 5.44. The molecule has 0 bridgehead atoms. The molecule has 0 aromatic carbocycles. The summed E-state index contributed by atoms with van der Waals surface area (Å²) in [7, 11) is 0. The third-order valence-electron chi connectivity index (χ3n) is 3.17. The normalized spacial score (nSPS) is 24.0. The highest BCUT2D eigenvalue weighted by Crippen LogP contribution is 2.22. The largest absolute Gasteiger partial charge is 0.370 e. The van der Waals surface area contributed by atoms with Gasteiger partial charge in [0.15, 0.2) is 5.96 Å². The number of hydrogen-bond donors (Lipinski definition) is 1. The third kappa shape index (κ3) is 2.53. The average molecular weight is 218 g/mol. The molecule has 1 aliphatic carbocycles. The molecule has 0 unspecified atom stereocenters. The summed E-state index contributed by atoms with van der Waals surface area (Å²) in [5.41, 5.74) is 5.84. The van der Waals surface area contributed by atoms with Gasteiger partial charge in [-0.05, 0) is 12.8 Å². The van der Waals surface area contributed by atoms with E-state index in [2.05, 4.69) is 9.89 Å². The lowest BCUT2D eigenvalue weighted by Crippen LogP contribution is -2.41. The second-order valence-electron chi connectivity index (χ2n) is 4.08. The molecule has 14 heavy (non-hydrogen) atoms. The van der Waals surface area contributed by atoms with E-state index in [4.69, 9.17) is 5.73 Å². The van der Waals surface area contributed by atoms with Crippen LogP contribution in [-0.2, 0) is 0 Å². The Balaban J connectivity index is 0.000000980. The van der Waals surface area contributed by atoms with E-state index in [1.54, 1.807) is 0 Å². The van der Waals surface area contributed by atoms with Crippen molar-refractivity contribution in [1.29, 1.82) is 0 Å². The molecule has 2 rings (SSSR count). The van der Waals surface area contributed by atoms with Crippen molar-refractivity contribution >= 4 is 18.4 Å². The fourth-order valence-corrected chi connectivity index (χ4v) is 2.42. The van der Waals surface area contributed by atoms with Crippen LogP contribution in [-0.4, -0.2) is 30.0 Å². The lowest BCUT2D eigenvalue weighted by Gasteiger charge is -2.27. The van der Waals surface area contributed by atoms with Gasteiger partial charge >= 0.3 is 0 Å². The van der Waals surface area contributed by atoms with Crippen LogP contribution in [0, 0.1) is 0 Å². The van der Waals surface area contributed by atoms with Crippen molar-refractivity contribution in [3.8, 4) is 0 Å². The maximum Gasteiger partial charge on any atom is 0.191 e. The highest BCUT2D eigenvalue weighted by atomic mass is 35.5. The van der Waals surface area contributed by atoms with Crippen LogP contribution in [0.2, 0.25) is 0 Å². The Labute approximate surface area is 92.2 Å². The average Bonchev–Trinajstić information content (AvgIpc) is 2.43. The summed E-state index contributed by atoms with van der Waals surface area (Å²) in [5.74, 6) is 0.784. The van der Waals surface area contributed by atoms with Crippen LogP contribution in [0.4, 0.5) is 0 Å². The summed E-state index contributed by atoms with van der Waals surface area (Å²) in [6, 6.07) is 0.689. The molecule has 82 valence electrons. The second kappa shape index (κ2) is 5.44. The molecule has 0 aromatic rings. The minimum absolute atomic E-state index is 0. The van der Waals surface area contributed by atoms with Crippen LogP contribution in [0.5, 0.6) is 0 Å². The quantitative estimate of drug-likeness (QED) is 0.681. The standard InChI is InChI=1S/C10H19N3.ClH/c11-10-12-7-8-13(10)9-5-3-1-2-4-6-9;/h9H,1-8H2,(H2,11,12);1H. The summed E-state index contributed by atoms with van der Waals surface area (Å²) in [6.45, 7) is 1.96.